The van der Waals surface area contributed by atoms with Crippen LogP contribution in [0.25, 0.3) is 0 Å². The molecular formula is C11H10F2N4OS. The molecule has 2 aromatic heterocycles. The topological polar surface area (TPSA) is 70.7 Å². The van der Waals surface area contributed by atoms with Crippen molar-refractivity contribution in [1.29, 1.82) is 0 Å². The summed E-state index contributed by atoms with van der Waals surface area (Å²) >= 11 is 0.818. The summed E-state index contributed by atoms with van der Waals surface area (Å²) in [5.74, 6) is -1.61. The zero-order valence-electron chi connectivity index (χ0n) is 9.91. The van der Waals surface area contributed by atoms with Crippen molar-refractivity contribution in [1.82, 2.24) is 15.0 Å². The highest BCUT2D eigenvalue weighted by molar-refractivity contribution is 7.99. The number of hydrogen-bond acceptors (Lipinski definition) is 5. The molecule has 5 nitrogen and oxygen atoms in total. The fourth-order valence-electron chi connectivity index (χ4n) is 1.31. The van der Waals surface area contributed by atoms with E-state index >= 15 is 0 Å². The Morgan fingerprint density at radius 2 is 2.21 bits per heavy atom. The lowest BCUT2D eigenvalue weighted by Gasteiger charge is -2.07. The first-order chi connectivity index (χ1) is 9.10. The fraction of sp³-hybridized carbons (Fsp3) is 0.182. The first-order valence-corrected chi connectivity index (χ1v) is 6.25. The van der Waals surface area contributed by atoms with Gasteiger partial charge in [0, 0.05) is 24.9 Å². The second kappa shape index (κ2) is 5.79. The van der Waals surface area contributed by atoms with Crippen LogP contribution < -0.4 is 10.9 Å². The quantitative estimate of drug-likeness (QED) is 0.841. The van der Waals surface area contributed by atoms with E-state index in [4.69, 9.17) is 0 Å². The molecule has 2 heterocycles. The van der Waals surface area contributed by atoms with Gasteiger partial charge in [0.15, 0.2) is 22.6 Å². The van der Waals surface area contributed by atoms with Crippen LogP contribution in [0, 0.1) is 11.6 Å². The van der Waals surface area contributed by atoms with Gasteiger partial charge in [0.25, 0.3) is 5.56 Å². The van der Waals surface area contributed by atoms with Crippen molar-refractivity contribution >= 4 is 17.6 Å². The van der Waals surface area contributed by atoms with Crippen molar-refractivity contribution in [3.05, 3.63) is 40.3 Å². The van der Waals surface area contributed by atoms with Crippen molar-refractivity contribution < 1.29 is 8.78 Å². The van der Waals surface area contributed by atoms with Gasteiger partial charge in [-0.25, -0.2) is 18.7 Å². The van der Waals surface area contributed by atoms with Crippen molar-refractivity contribution in [3.8, 4) is 0 Å². The molecule has 0 saturated carbocycles. The van der Waals surface area contributed by atoms with Crippen molar-refractivity contribution in [3.63, 3.8) is 0 Å². The lowest BCUT2D eigenvalue weighted by atomic mass is 10.4. The standard InChI is InChI=1S/C11H10F2N4OS/c1-2-14-9-6(12)5-7(13)10(17-9)19-11-15-4-3-8(18)16-11/h3-5H,2H2,1H3,(H,14,17)(H,15,16,18). The Morgan fingerprint density at radius 1 is 1.42 bits per heavy atom. The summed E-state index contributed by atoms with van der Waals surface area (Å²) in [6.07, 6.45) is 1.30. The Bertz CT molecular complexity index is 647. The Labute approximate surface area is 111 Å². The Kier molecular flexibility index (Phi) is 4.10. The highest BCUT2D eigenvalue weighted by atomic mass is 32.2. The predicted molar refractivity (Wildman–Crippen MR) is 67.3 cm³/mol. The minimum Gasteiger partial charge on any atom is -0.368 e. The van der Waals surface area contributed by atoms with Gasteiger partial charge >= 0.3 is 0 Å². The van der Waals surface area contributed by atoms with Crippen LogP contribution >= 0.6 is 11.8 Å². The van der Waals surface area contributed by atoms with Gasteiger partial charge in [0.1, 0.15) is 5.03 Å². The second-order valence-electron chi connectivity index (χ2n) is 3.48. The van der Waals surface area contributed by atoms with Crippen molar-refractivity contribution in [2.45, 2.75) is 17.1 Å². The van der Waals surface area contributed by atoms with Crippen LogP contribution in [-0.4, -0.2) is 21.5 Å². The predicted octanol–water partition coefficient (Wildman–Crippen LogP) is 2.03. The molecule has 100 valence electrons. The molecule has 0 aliphatic heterocycles. The molecule has 0 fully saturated rings. The summed E-state index contributed by atoms with van der Waals surface area (Å²) in [5.41, 5.74) is -0.355. The molecule has 0 saturated heterocycles. The van der Waals surface area contributed by atoms with E-state index in [1.807, 2.05) is 0 Å². The average Bonchev–Trinajstić information content (AvgIpc) is 2.35. The van der Waals surface area contributed by atoms with Gasteiger partial charge in [-0.2, -0.15) is 0 Å². The lowest BCUT2D eigenvalue weighted by molar-refractivity contribution is 0.551. The first-order valence-electron chi connectivity index (χ1n) is 5.43. The fourth-order valence-corrected chi connectivity index (χ4v) is 2.05. The van der Waals surface area contributed by atoms with Gasteiger partial charge in [0.2, 0.25) is 0 Å². The Balaban J connectivity index is 2.34. The monoisotopic (exact) mass is 284 g/mol. The molecule has 2 N–H and O–H groups in total. The van der Waals surface area contributed by atoms with Crippen LogP contribution in [-0.2, 0) is 0 Å². The zero-order valence-corrected chi connectivity index (χ0v) is 10.7. The van der Waals surface area contributed by atoms with Crippen LogP contribution in [0.4, 0.5) is 14.6 Å². The third-order valence-corrected chi connectivity index (χ3v) is 2.96. The molecule has 0 spiro atoms. The molecule has 0 aliphatic rings. The van der Waals surface area contributed by atoms with Gasteiger partial charge < -0.3 is 10.3 Å². The summed E-state index contributed by atoms with van der Waals surface area (Å²) in [6, 6.07) is 1.98. The Hall–Kier alpha value is -1.96. The van der Waals surface area contributed by atoms with Gasteiger partial charge in [0.05, 0.1) is 0 Å². The minimum absolute atomic E-state index is 0.0373. The van der Waals surface area contributed by atoms with E-state index in [0.717, 1.165) is 17.8 Å². The van der Waals surface area contributed by atoms with Crippen LogP contribution in [0.2, 0.25) is 0 Å². The number of aromatic nitrogens is 3. The number of nitrogens with one attached hydrogen (secondary N) is 2. The molecule has 0 aliphatic carbocycles. The minimum atomic E-state index is -0.810. The largest absolute Gasteiger partial charge is 0.368 e. The highest BCUT2D eigenvalue weighted by Crippen LogP contribution is 2.27. The first kappa shape index (κ1) is 13.5. The maximum absolute atomic E-state index is 13.6. The van der Waals surface area contributed by atoms with E-state index in [1.165, 1.54) is 12.3 Å². The third-order valence-electron chi connectivity index (χ3n) is 2.08. The van der Waals surface area contributed by atoms with E-state index in [1.54, 1.807) is 6.92 Å². The molecule has 19 heavy (non-hydrogen) atoms. The molecule has 2 rings (SSSR count). The van der Waals surface area contributed by atoms with Gasteiger partial charge in [-0.1, -0.05) is 0 Å². The maximum Gasteiger partial charge on any atom is 0.251 e. The number of aromatic amines is 1. The maximum atomic E-state index is 13.6. The number of rotatable bonds is 4. The molecule has 2 aromatic rings. The molecule has 0 radical (unpaired) electrons. The van der Waals surface area contributed by atoms with E-state index in [0.29, 0.717) is 6.54 Å². The number of nitrogens with zero attached hydrogens (tertiary/aromatic N) is 2. The summed E-state index contributed by atoms with van der Waals surface area (Å²) in [6.45, 7) is 2.23. The number of pyridine rings is 1. The summed E-state index contributed by atoms with van der Waals surface area (Å²) in [5, 5.41) is 2.81. The number of anilines is 1. The zero-order chi connectivity index (χ0) is 13.8. The normalized spacial score (nSPS) is 10.5. The lowest BCUT2D eigenvalue weighted by Crippen LogP contribution is -2.07. The summed E-state index contributed by atoms with van der Waals surface area (Å²) in [7, 11) is 0. The number of hydrogen-bond donors (Lipinski definition) is 2. The molecule has 0 bridgehead atoms. The molecule has 0 unspecified atom stereocenters. The van der Waals surface area contributed by atoms with Crippen LogP contribution in [0.5, 0.6) is 0 Å². The third kappa shape index (κ3) is 3.28. The number of halogens is 2. The highest BCUT2D eigenvalue weighted by Gasteiger charge is 2.13. The van der Waals surface area contributed by atoms with Crippen LogP contribution in [0.3, 0.4) is 0 Å². The van der Waals surface area contributed by atoms with Crippen LogP contribution in [0.1, 0.15) is 6.92 Å². The van der Waals surface area contributed by atoms with Gasteiger partial charge in [-0.15, -0.1) is 0 Å². The van der Waals surface area contributed by atoms with E-state index in [9.17, 15) is 13.6 Å². The smallest absolute Gasteiger partial charge is 0.251 e. The SMILES string of the molecule is CCNc1nc(Sc2nccc(=O)[nH]2)c(F)cc1F. The van der Waals surface area contributed by atoms with Crippen molar-refractivity contribution in [2.24, 2.45) is 0 Å². The molecule has 0 aromatic carbocycles. The second-order valence-corrected chi connectivity index (χ2v) is 4.45. The Morgan fingerprint density at radius 3 is 2.89 bits per heavy atom. The summed E-state index contributed by atoms with van der Waals surface area (Å²) in [4.78, 5) is 21.2. The molecule has 0 amide bonds. The van der Waals surface area contributed by atoms with Gasteiger partial charge in [-0.3, -0.25) is 4.79 Å². The van der Waals surface area contributed by atoms with E-state index in [-0.39, 0.29) is 21.6 Å². The molecule has 0 atom stereocenters. The van der Waals surface area contributed by atoms with E-state index < -0.39 is 11.6 Å². The number of H-pyrrole nitrogens is 1. The van der Waals surface area contributed by atoms with Crippen molar-refractivity contribution in [2.75, 3.05) is 11.9 Å². The van der Waals surface area contributed by atoms with Gasteiger partial charge in [-0.05, 0) is 18.7 Å². The summed E-state index contributed by atoms with van der Waals surface area (Å²) < 4.78 is 27.0. The molecule has 8 heteroatoms. The molecular weight excluding hydrogens is 274 g/mol. The average molecular weight is 284 g/mol. The van der Waals surface area contributed by atoms with Crippen LogP contribution in [0.15, 0.2) is 33.3 Å². The van der Waals surface area contributed by atoms with E-state index in [2.05, 4.69) is 20.3 Å².